The van der Waals surface area contributed by atoms with Crippen molar-refractivity contribution in [1.82, 2.24) is 20.1 Å². The Balaban J connectivity index is 2.33. The smallest absolute Gasteiger partial charge is 0.240 e. The first-order valence-electron chi connectivity index (χ1n) is 4.10. The molecule has 6 heteroatoms. The summed E-state index contributed by atoms with van der Waals surface area (Å²) in [5.41, 5.74) is 0.842. The van der Waals surface area contributed by atoms with E-state index in [1.54, 1.807) is 26.4 Å². The lowest BCUT2D eigenvalue weighted by Crippen LogP contribution is -1.94. The third kappa shape index (κ3) is 1.54. The van der Waals surface area contributed by atoms with Crippen LogP contribution in [0, 0.1) is 6.92 Å². The highest BCUT2D eigenvalue weighted by atomic mass is 16.5. The number of nitrogens with zero attached hydrogens (tertiary/aromatic N) is 4. The molecule has 6 nitrogen and oxygen atoms in total. The van der Waals surface area contributed by atoms with Gasteiger partial charge in [0, 0.05) is 14.0 Å². The van der Waals surface area contributed by atoms with Gasteiger partial charge in [0.15, 0.2) is 0 Å². The molecule has 2 heterocycles. The monoisotopic (exact) mass is 191 g/mol. The molecule has 2 aromatic heterocycles. The van der Waals surface area contributed by atoms with Crippen molar-refractivity contribution in [2.75, 3.05) is 12.4 Å². The van der Waals surface area contributed by atoms with Gasteiger partial charge in [0.25, 0.3) is 0 Å². The molecule has 1 N–H and O–H groups in total. The third-order valence-electron chi connectivity index (χ3n) is 1.67. The molecule has 2 aromatic rings. The highest BCUT2D eigenvalue weighted by Crippen LogP contribution is 2.10. The summed E-state index contributed by atoms with van der Waals surface area (Å²) >= 11 is 0. The Morgan fingerprint density at radius 1 is 1.21 bits per heavy atom. The molecule has 0 unspecified atom stereocenters. The number of aryl methyl sites for hydroxylation is 1. The number of anilines is 1. The summed E-state index contributed by atoms with van der Waals surface area (Å²) in [6, 6.07) is 0. The van der Waals surface area contributed by atoms with Gasteiger partial charge in [0.1, 0.15) is 0 Å². The average Bonchev–Trinajstić information content (AvgIpc) is 2.65. The molecule has 14 heavy (non-hydrogen) atoms. The Bertz CT molecular complexity index is 422. The van der Waals surface area contributed by atoms with Crippen molar-refractivity contribution in [3.8, 4) is 11.6 Å². The molecule has 72 valence electrons. The van der Waals surface area contributed by atoms with Gasteiger partial charge in [-0.2, -0.15) is 4.98 Å². The van der Waals surface area contributed by atoms with Crippen LogP contribution in [0.1, 0.15) is 5.89 Å². The van der Waals surface area contributed by atoms with Crippen LogP contribution in [0.25, 0.3) is 11.6 Å². The summed E-state index contributed by atoms with van der Waals surface area (Å²) in [4.78, 5) is 12.2. The second-order valence-corrected chi connectivity index (χ2v) is 2.68. The van der Waals surface area contributed by atoms with Crippen LogP contribution in [0.4, 0.5) is 5.69 Å². The predicted molar refractivity (Wildman–Crippen MR) is 49.6 cm³/mol. The van der Waals surface area contributed by atoms with E-state index in [2.05, 4.69) is 25.4 Å². The third-order valence-corrected chi connectivity index (χ3v) is 1.67. The summed E-state index contributed by atoms with van der Waals surface area (Å²) in [6.45, 7) is 1.72. The van der Waals surface area contributed by atoms with Crippen molar-refractivity contribution in [2.45, 2.75) is 6.92 Å². The molecular weight excluding hydrogens is 182 g/mol. The fourth-order valence-electron chi connectivity index (χ4n) is 0.963. The predicted octanol–water partition coefficient (Wildman–Crippen LogP) is 0.877. The lowest BCUT2D eigenvalue weighted by Gasteiger charge is -1.97. The van der Waals surface area contributed by atoms with E-state index in [0.29, 0.717) is 17.5 Å². The first-order chi connectivity index (χ1) is 6.79. The zero-order chi connectivity index (χ0) is 9.97. The molecule has 0 atom stereocenters. The van der Waals surface area contributed by atoms with Gasteiger partial charge < -0.3 is 9.84 Å². The summed E-state index contributed by atoms with van der Waals surface area (Å²) in [6.07, 6.45) is 3.32. The summed E-state index contributed by atoms with van der Waals surface area (Å²) in [5, 5.41) is 6.63. The number of hydrogen-bond donors (Lipinski definition) is 1. The highest BCUT2D eigenvalue weighted by Gasteiger charge is 2.07. The normalized spacial score (nSPS) is 10.1. The largest absolute Gasteiger partial charge is 0.386 e. The zero-order valence-corrected chi connectivity index (χ0v) is 7.85. The second-order valence-electron chi connectivity index (χ2n) is 2.68. The number of aromatic nitrogens is 4. The Morgan fingerprint density at radius 2 is 1.93 bits per heavy atom. The first kappa shape index (κ1) is 8.61. The molecule has 0 spiro atoms. The van der Waals surface area contributed by atoms with Crippen LogP contribution in [0.3, 0.4) is 0 Å². The fraction of sp³-hybridized carbons (Fsp3) is 0.250. The molecule has 2 rings (SSSR count). The Labute approximate surface area is 80.4 Å². The molecule has 0 aliphatic heterocycles. The van der Waals surface area contributed by atoms with E-state index in [0.717, 1.165) is 5.69 Å². The van der Waals surface area contributed by atoms with Gasteiger partial charge in [-0.1, -0.05) is 5.16 Å². The van der Waals surface area contributed by atoms with E-state index in [-0.39, 0.29) is 0 Å². The van der Waals surface area contributed by atoms with Gasteiger partial charge in [0.05, 0.1) is 18.1 Å². The van der Waals surface area contributed by atoms with E-state index in [1.165, 1.54) is 0 Å². The quantitative estimate of drug-likeness (QED) is 0.759. The van der Waals surface area contributed by atoms with E-state index < -0.39 is 0 Å². The molecule has 0 amide bonds. The number of rotatable bonds is 2. The Morgan fingerprint density at radius 3 is 2.43 bits per heavy atom. The van der Waals surface area contributed by atoms with E-state index in [4.69, 9.17) is 4.52 Å². The molecular formula is C8H9N5O. The van der Waals surface area contributed by atoms with Gasteiger partial charge >= 0.3 is 0 Å². The van der Waals surface area contributed by atoms with Crippen LogP contribution < -0.4 is 5.32 Å². The van der Waals surface area contributed by atoms with Crippen LogP contribution >= 0.6 is 0 Å². The lowest BCUT2D eigenvalue weighted by atomic mass is 10.5. The van der Waals surface area contributed by atoms with Crippen molar-refractivity contribution in [2.24, 2.45) is 0 Å². The van der Waals surface area contributed by atoms with Crippen molar-refractivity contribution in [3.05, 3.63) is 18.3 Å². The Hall–Kier alpha value is -1.98. The summed E-state index contributed by atoms with van der Waals surface area (Å²) < 4.78 is 4.82. The minimum Gasteiger partial charge on any atom is -0.386 e. The van der Waals surface area contributed by atoms with Crippen LogP contribution in [0.15, 0.2) is 16.9 Å². The van der Waals surface area contributed by atoms with Crippen molar-refractivity contribution in [1.29, 1.82) is 0 Å². The number of nitrogens with one attached hydrogen (secondary N) is 1. The molecule has 0 bridgehead atoms. The van der Waals surface area contributed by atoms with E-state index >= 15 is 0 Å². The fourth-order valence-corrected chi connectivity index (χ4v) is 0.963. The van der Waals surface area contributed by atoms with Crippen LogP contribution in [-0.2, 0) is 0 Å². The van der Waals surface area contributed by atoms with E-state index in [1.807, 2.05) is 0 Å². The van der Waals surface area contributed by atoms with Crippen LogP contribution in [0.2, 0.25) is 0 Å². The van der Waals surface area contributed by atoms with E-state index in [9.17, 15) is 0 Å². The second kappa shape index (κ2) is 3.41. The van der Waals surface area contributed by atoms with Crippen molar-refractivity contribution < 1.29 is 4.52 Å². The van der Waals surface area contributed by atoms with Gasteiger partial charge in [-0.05, 0) is 0 Å². The lowest BCUT2D eigenvalue weighted by molar-refractivity contribution is 0.394. The maximum atomic E-state index is 4.82. The van der Waals surface area contributed by atoms with Gasteiger partial charge in [-0.25, -0.2) is 9.97 Å². The number of hydrogen-bond acceptors (Lipinski definition) is 6. The molecule has 0 aliphatic carbocycles. The molecule has 0 aromatic carbocycles. The maximum absolute atomic E-state index is 4.82. The maximum Gasteiger partial charge on any atom is 0.240 e. The Kier molecular flexibility index (Phi) is 2.10. The summed E-state index contributed by atoms with van der Waals surface area (Å²) in [5.74, 6) is 1.37. The van der Waals surface area contributed by atoms with Gasteiger partial charge in [-0.3, -0.25) is 0 Å². The van der Waals surface area contributed by atoms with Gasteiger partial charge in [0.2, 0.25) is 17.5 Å². The summed E-state index contributed by atoms with van der Waals surface area (Å²) in [7, 11) is 1.80. The van der Waals surface area contributed by atoms with Gasteiger partial charge in [-0.15, -0.1) is 0 Å². The zero-order valence-electron chi connectivity index (χ0n) is 7.85. The first-order valence-corrected chi connectivity index (χ1v) is 4.10. The highest BCUT2D eigenvalue weighted by molar-refractivity contribution is 5.46. The SMILES string of the molecule is CNc1cnc(-c2noc(C)n2)nc1. The van der Waals surface area contributed by atoms with Crippen LogP contribution in [0.5, 0.6) is 0 Å². The molecule has 0 radical (unpaired) electrons. The topological polar surface area (TPSA) is 76.7 Å². The molecule has 0 aliphatic rings. The molecule has 0 saturated carbocycles. The van der Waals surface area contributed by atoms with Crippen molar-refractivity contribution in [3.63, 3.8) is 0 Å². The standard InChI is InChI=1S/C8H9N5O/c1-5-12-8(13-14-5)7-10-3-6(9-2)4-11-7/h3-4,9H,1-2H3. The van der Waals surface area contributed by atoms with Crippen LogP contribution in [-0.4, -0.2) is 27.2 Å². The average molecular weight is 191 g/mol. The minimum atomic E-state index is 0.408. The molecule has 0 fully saturated rings. The molecule has 0 saturated heterocycles. The van der Waals surface area contributed by atoms with Crippen molar-refractivity contribution >= 4 is 5.69 Å². The minimum absolute atomic E-state index is 0.408.